The average molecular weight is 400 g/mol. The van der Waals surface area contributed by atoms with Gasteiger partial charge in [0.25, 0.3) is 0 Å². The maximum absolute atomic E-state index is 5.81. The largest absolute Gasteiger partial charge is 0.370 e. The number of nitrogens with one attached hydrogen (secondary N) is 1. The number of imidazole rings is 1. The fourth-order valence-electron chi connectivity index (χ4n) is 1.64. The van der Waals surface area contributed by atoms with E-state index < -0.39 is 0 Å². The number of aromatic nitrogens is 3. The number of hydrogen-bond donors (Lipinski definition) is 2. The van der Waals surface area contributed by atoms with Crippen molar-refractivity contribution in [1.29, 1.82) is 0 Å². The van der Waals surface area contributed by atoms with Gasteiger partial charge in [0.1, 0.15) is 12.1 Å². The van der Waals surface area contributed by atoms with Crippen molar-refractivity contribution in [3.05, 3.63) is 42.6 Å². The molecule has 0 aromatic carbocycles. The van der Waals surface area contributed by atoms with Gasteiger partial charge in [0.15, 0.2) is 5.96 Å². The first kappa shape index (κ1) is 17.4. The molecule has 0 aliphatic rings. The summed E-state index contributed by atoms with van der Waals surface area (Å²) in [6.07, 6.45) is 7.06. The molecule has 6 nitrogen and oxygen atoms in total. The molecule has 7 heteroatoms. The molecule has 21 heavy (non-hydrogen) atoms. The van der Waals surface area contributed by atoms with Crippen LogP contribution < -0.4 is 11.1 Å². The van der Waals surface area contributed by atoms with E-state index >= 15 is 0 Å². The maximum Gasteiger partial charge on any atom is 0.188 e. The first-order valence-corrected chi connectivity index (χ1v) is 6.62. The summed E-state index contributed by atoms with van der Waals surface area (Å²) < 4.78 is 1.85. The highest BCUT2D eigenvalue weighted by molar-refractivity contribution is 14.0. The Kier molecular flexibility index (Phi) is 7.13. The number of hydrogen-bond acceptors (Lipinski definition) is 3. The van der Waals surface area contributed by atoms with E-state index in [-0.39, 0.29) is 24.0 Å². The van der Waals surface area contributed by atoms with Crippen molar-refractivity contribution in [2.75, 3.05) is 6.54 Å². The molecule has 2 aromatic heterocycles. The standard InChI is InChI=1S/C14H20N6.HI/c1-11(2)8-18-14(15)19-9-12-3-4-17-13(7-12)20-6-5-16-10-20;/h3-7,10-11H,8-9H2,1-2H3,(H3,15,18,19);1H. The van der Waals surface area contributed by atoms with E-state index in [0.717, 1.165) is 17.9 Å². The van der Waals surface area contributed by atoms with Gasteiger partial charge >= 0.3 is 0 Å². The maximum atomic E-state index is 5.81. The Morgan fingerprint density at radius 3 is 2.90 bits per heavy atom. The zero-order valence-corrected chi connectivity index (χ0v) is 14.6. The van der Waals surface area contributed by atoms with Crippen LogP contribution in [0.15, 0.2) is 42.0 Å². The first-order valence-electron chi connectivity index (χ1n) is 6.62. The fraction of sp³-hybridized carbons (Fsp3) is 0.357. The normalized spacial score (nSPS) is 11.3. The molecule has 0 bridgehead atoms. The van der Waals surface area contributed by atoms with Crippen LogP contribution in [0.25, 0.3) is 5.82 Å². The second-order valence-electron chi connectivity index (χ2n) is 4.97. The molecule has 0 unspecified atom stereocenters. The van der Waals surface area contributed by atoms with Crippen molar-refractivity contribution in [3.63, 3.8) is 0 Å². The number of rotatable bonds is 5. The molecule has 0 aliphatic carbocycles. The Labute approximate surface area is 141 Å². The van der Waals surface area contributed by atoms with Crippen LogP contribution in [0.3, 0.4) is 0 Å². The smallest absolute Gasteiger partial charge is 0.188 e. The third-order valence-corrected chi connectivity index (χ3v) is 2.70. The van der Waals surface area contributed by atoms with Crippen LogP contribution in [0.4, 0.5) is 0 Å². The molecular weight excluding hydrogens is 379 g/mol. The van der Waals surface area contributed by atoms with Gasteiger partial charge < -0.3 is 11.1 Å². The van der Waals surface area contributed by atoms with Crippen LogP contribution in [0.5, 0.6) is 0 Å². The Hall–Kier alpha value is -1.64. The number of aliphatic imine (C=N–C) groups is 1. The highest BCUT2D eigenvalue weighted by Crippen LogP contribution is 2.07. The lowest BCUT2D eigenvalue weighted by Gasteiger charge is -2.08. The topological polar surface area (TPSA) is 81.1 Å². The quantitative estimate of drug-likeness (QED) is 0.457. The molecule has 2 rings (SSSR count). The summed E-state index contributed by atoms with van der Waals surface area (Å²) in [6.45, 7) is 5.61. The summed E-state index contributed by atoms with van der Waals surface area (Å²) in [5.41, 5.74) is 6.86. The van der Waals surface area contributed by atoms with Crippen LogP contribution in [0.1, 0.15) is 19.4 Å². The Bertz CT molecular complexity index is 565. The highest BCUT2D eigenvalue weighted by atomic mass is 127. The van der Waals surface area contributed by atoms with Gasteiger partial charge in [-0.25, -0.2) is 15.0 Å². The first-order chi connectivity index (χ1) is 9.65. The van der Waals surface area contributed by atoms with Crippen molar-refractivity contribution in [3.8, 4) is 5.82 Å². The van der Waals surface area contributed by atoms with Gasteiger partial charge in [0.05, 0.1) is 6.54 Å². The molecule has 0 atom stereocenters. The average Bonchev–Trinajstić information content (AvgIpc) is 2.97. The Morgan fingerprint density at radius 1 is 1.43 bits per heavy atom. The van der Waals surface area contributed by atoms with Crippen molar-refractivity contribution in [2.45, 2.75) is 20.4 Å². The molecule has 0 fully saturated rings. The Morgan fingerprint density at radius 2 is 2.24 bits per heavy atom. The van der Waals surface area contributed by atoms with E-state index in [0.29, 0.717) is 18.4 Å². The molecule has 3 N–H and O–H groups in total. The lowest BCUT2D eigenvalue weighted by Crippen LogP contribution is -2.34. The minimum atomic E-state index is 0. The van der Waals surface area contributed by atoms with Crippen LogP contribution in [0, 0.1) is 5.92 Å². The predicted octanol–water partition coefficient (Wildman–Crippen LogP) is 1.95. The second-order valence-corrected chi connectivity index (χ2v) is 4.97. The van der Waals surface area contributed by atoms with E-state index in [1.165, 1.54) is 0 Å². The summed E-state index contributed by atoms with van der Waals surface area (Å²) in [7, 11) is 0. The van der Waals surface area contributed by atoms with Crippen LogP contribution in [-0.4, -0.2) is 27.0 Å². The molecule has 0 radical (unpaired) electrons. The van der Waals surface area contributed by atoms with E-state index in [9.17, 15) is 0 Å². The number of nitrogens with zero attached hydrogens (tertiary/aromatic N) is 4. The molecule has 114 valence electrons. The van der Waals surface area contributed by atoms with Gasteiger partial charge in [-0.2, -0.15) is 0 Å². The summed E-state index contributed by atoms with van der Waals surface area (Å²) in [6, 6.07) is 3.90. The summed E-state index contributed by atoms with van der Waals surface area (Å²) in [5.74, 6) is 1.83. The van der Waals surface area contributed by atoms with Crippen molar-refractivity contribution < 1.29 is 0 Å². The Balaban J connectivity index is 0.00000220. The molecule has 0 saturated heterocycles. The van der Waals surface area contributed by atoms with Gasteiger partial charge in [-0.1, -0.05) is 13.8 Å². The van der Waals surface area contributed by atoms with Crippen molar-refractivity contribution >= 4 is 29.9 Å². The van der Waals surface area contributed by atoms with E-state index in [2.05, 4.69) is 34.1 Å². The third kappa shape index (κ3) is 5.70. The fourth-order valence-corrected chi connectivity index (χ4v) is 1.64. The number of halogens is 1. The molecule has 0 aliphatic heterocycles. The summed E-state index contributed by atoms with van der Waals surface area (Å²) in [5, 5.41) is 3.09. The van der Waals surface area contributed by atoms with Gasteiger partial charge in [0.2, 0.25) is 0 Å². The van der Waals surface area contributed by atoms with Gasteiger partial charge in [-0.3, -0.25) is 4.57 Å². The molecule has 0 amide bonds. The van der Waals surface area contributed by atoms with Gasteiger partial charge in [0, 0.05) is 25.1 Å². The third-order valence-electron chi connectivity index (χ3n) is 2.70. The molecular formula is C14H21IN6. The van der Waals surface area contributed by atoms with Crippen molar-refractivity contribution in [1.82, 2.24) is 19.9 Å². The van der Waals surface area contributed by atoms with Gasteiger partial charge in [-0.15, -0.1) is 24.0 Å². The van der Waals surface area contributed by atoms with Crippen molar-refractivity contribution in [2.24, 2.45) is 16.6 Å². The summed E-state index contributed by atoms with van der Waals surface area (Å²) in [4.78, 5) is 12.6. The predicted molar refractivity (Wildman–Crippen MR) is 94.9 cm³/mol. The highest BCUT2D eigenvalue weighted by Gasteiger charge is 2.00. The van der Waals surface area contributed by atoms with E-state index in [4.69, 9.17) is 5.73 Å². The van der Waals surface area contributed by atoms with Gasteiger partial charge in [-0.05, 0) is 23.6 Å². The molecule has 0 saturated carbocycles. The van der Waals surface area contributed by atoms with Crippen LogP contribution in [-0.2, 0) is 6.54 Å². The van der Waals surface area contributed by atoms with E-state index in [1.807, 2.05) is 22.9 Å². The van der Waals surface area contributed by atoms with Crippen LogP contribution in [0.2, 0.25) is 0 Å². The van der Waals surface area contributed by atoms with E-state index in [1.54, 1.807) is 18.7 Å². The summed E-state index contributed by atoms with van der Waals surface area (Å²) >= 11 is 0. The lowest BCUT2D eigenvalue weighted by atomic mass is 10.2. The molecule has 2 aromatic rings. The molecule has 2 heterocycles. The minimum absolute atomic E-state index is 0. The number of guanidine groups is 1. The zero-order chi connectivity index (χ0) is 14.4. The lowest BCUT2D eigenvalue weighted by molar-refractivity contribution is 0.622. The monoisotopic (exact) mass is 400 g/mol. The number of nitrogens with two attached hydrogens (primary N) is 1. The van der Waals surface area contributed by atoms with Crippen LogP contribution >= 0.6 is 24.0 Å². The molecule has 0 spiro atoms. The second kappa shape index (κ2) is 8.60. The zero-order valence-electron chi connectivity index (χ0n) is 12.2. The minimum Gasteiger partial charge on any atom is -0.370 e. The number of pyridine rings is 1. The SMILES string of the molecule is CC(C)CNC(N)=NCc1ccnc(-n2ccnc2)c1.I.